The highest BCUT2D eigenvalue weighted by Crippen LogP contribution is 2.17. The largest absolute Gasteiger partial charge is 0.477 e. The number of alkyl halides is 2. The fraction of sp³-hybridized carbons (Fsp3) is 0.721. The van der Waals surface area contributed by atoms with Gasteiger partial charge in [-0.25, -0.2) is 56.4 Å². The maximum atomic E-state index is 11.9. The molecule has 2 saturated heterocycles. The predicted octanol–water partition coefficient (Wildman–Crippen LogP) is 15.0. The van der Waals surface area contributed by atoms with Crippen LogP contribution in [0.2, 0.25) is 0 Å². The third-order valence-corrected chi connectivity index (χ3v) is 14.4. The summed E-state index contributed by atoms with van der Waals surface area (Å²) >= 11 is 4.31. The van der Waals surface area contributed by atoms with Crippen LogP contribution in [0, 0.1) is 0 Å². The molecule has 750 valence electrons. The van der Waals surface area contributed by atoms with Gasteiger partial charge in [-0.05, 0) is 223 Å². The van der Waals surface area contributed by atoms with Crippen molar-refractivity contribution in [2.24, 2.45) is 0 Å². The van der Waals surface area contributed by atoms with E-state index in [0.29, 0.717) is 96.7 Å². The van der Waals surface area contributed by atoms with Crippen LogP contribution >= 0.6 is 36.4 Å². The Morgan fingerprint density at radius 3 is 0.914 bits per heavy atom. The van der Waals surface area contributed by atoms with Gasteiger partial charge < -0.3 is 91.6 Å². The molecule has 128 heavy (non-hydrogen) atoms. The van der Waals surface area contributed by atoms with Crippen LogP contribution in [-0.4, -0.2) is 247 Å². The summed E-state index contributed by atoms with van der Waals surface area (Å²) in [5.74, 6) is -8.15. The summed E-state index contributed by atoms with van der Waals surface area (Å²) in [6.45, 7) is 23.1. The maximum Gasteiger partial charge on any atom is 0.373 e. The average molecular weight is 1970 g/mol. The topological polar surface area (TPSA) is 491 Å². The van der Waals surface area contributed by atoms with E-state index in [1.54, 1.807) is 77.4 Å². The Bertz CT molecular complexity index is 2950. The molecule has 42 heteroatoms. The monoisotopic (exact) mass is 1970 g/mol. The van der Waals surface area contributed by atoms with Gasteiger partial charge in [0.1, 0.15) is 40.4 Å². The lowest BCUT2D eigenvalue weighted by molar-refractivity contribution is -0.192. The smallest absolute Gasteiger partial charge is 0.373 e. The molecule has 5 atom stereocenters. The van der Waals surface area contributed by atoms with Crippen LogP contribution in [0.15, 0.2) is 58.2 Å². The number of aliphatic carboxylic acids is 2. The molecule has 0 aromatic heterocycles. The first kappa shape index (κ1) is 139. The van der Waals surface area contributed by atoms with Gasteiger partial charge >= 0.3 is 73.1 Å². The Hall–Kier alpha value is -7.17. The minimum Gasteiger partial charge on any atom is -0.477 e. The Morgan fingerprint density at radius 2 is 0.703 bits per heavy atom. The van der Waals surface area contributed by atoms with Crippen molar-refractivity contribution in [2.75, 3.05) is 119 Å². The van der Waals surface area contributed by atoms with E-state index < -0.39 is 94.7 Å². The normalized spacial score (nSPS) is 12.2. The van der Waals surface area contributed by atoms with Crippen molar-refractivity contribution in [3.05, 3.63) is 58.2 Å². The van der Waals surface area contributed by atoms with Crippen LogP contribution < -0.4 is 0 Å². The quantitative estimate of drug-likeness (QED) is 0.00506. The number of ether oxygens (including phenoxy) is 13. The Morgan fingerprint density at radius 1 is 0.469 bits per heavy atom. The van der Waals surface area contributed by atoms with E-state index in [9.17, 15) is 79.5 Å². The number of carbonyl (C=O) groups excluding carboxylic acids is 13. The molecule has 0 aliphatic carbocycles. The van der Waals surface area contributed by atoms with Crippen LogP contribution in [0.4, 0.5) is 8.78 Å². The summed E-state index contributed by atoms with van der Waals surface area (Å²) in [6, 6.07) is 0. The number of rotatable bonds is 53. The summed E-state index contributed by atoms with van der Waals surface area (Å²) in [5.41, 5.74) is -0.826. The Balaban J connectivity index is -0.000000123. The second-order valence-corrected chi connectivity index (χ2v) is 30.6. The fourth-order valence-electron chi connectivity index (χ4n) is 8.76. The van der Waals surface area contributed by atoms with Crippen LogP contribution in [0.1, 0.15) is 278 Å². The molecule has 0 spiro atoms. The highest BCUT2D eigenvalue weighted by atomic mass is 35.7. The number of aldehydes is 2. The average Bonchev–Trinajstić information content (AvgIpc) is 0.914. The summed E-state index contributed by atoms with van der Waals surface area (Å²) in [6.07, 6.45) is 33.4. The van der Waals surface area contributed by atoms with Gasteiger partial charge in [0.25, 0.3) is 0 Å². The molecule has 0 radical (unpaired) electrons. The molecule has 2 rings (SSSR count). The number of aliphatic hydroxyl groups is 2. The second kappa shape index (κ2) is 114. The lowest BCUT2D eigenvalue weighted by Crippen LogP contribution is -2.22. The fourth-order valence-corrected chi connectivity index (χ4v) is 8.76. The number of carbonyl (C=O) groups is 13. The number of carboxylic acid groups (broad SMARTS) is 2. The minimum atomic E-state index is -3.19. The number of allylic oxidation sites excluding steroid dienone is 5. The van der Waals surface area contributed by atoms with E-state index in [4.69, 9.17) is 89.4 Å². The molecule has 2 heterocycles. The molecule has 0 aromatic rings. The van der Waals surface area contributed by atoms with Gasteiger partial charge in [0.2, 0.25) is 9.05 Å². The lowest BCUT2D eigenvalue weighted by Gasteiger charge is -2.22. The summed E-state index contributed by atoms with van der Waals surface area (Å²) < 4.78 is 119. The third-order valence-electron chi connectivity index (χ3n) is 14.4. The lowest BCUT2D eigenvalue weighted by atomic mass is 10.1. The zero-order chi connectivity index (χ0) is 101. The van der Waals surface area contributed by atoms with Crippen LogP contribution in [0.3, 0.4) is 0 Å². The van der Waals surface area contributed by atoms with Gasteiger partial charge in [-0.2, -0.15) is 19.4 Å². The molecule has 0 bridgehead atoms. The summed E-state index contributed by atoms with van der Waals surface area (Å²) in [5, 5.41) is 33.5. The van der Waals surface area contributed by atoms with Crippen LogP contribution in [-0.2, 0) is 154 Å². The zero-order valence-electron chi connectivity index (χ0n) is 78.5. The van der Waals surface area contributed by atoms with Crippen molar-refractivity contribution in [3.8, 4) is 0 Å². The molecule has 5 unspecified atom stereocenters. The predicted molar refractivity (Wildman–Crippen MR) is 496 cm³/mol. The van der Waals surface area contributed by atoms with Crippen molar-refractivity contribution in [2.45, 2.75) is 289 Å². The Labute approximate surface area is 778 Å². The first-order valence-electron chi connectivity index (χ1n) is 43.4. The SMILES string of the molecule is C.CCCC(=O)OCC.CCCCCC=C(C(=O)OCC)C(=O)OCC.CCOC(=O)C(=CCCCCF)C(=O)OCC.CCOC(=O)C(=CCCCCO)C(=O)OCC.CCOC(=O)C(=CCCCCOC1CCCCO1)C(=O)OCC.CS(=O)(=O)Cl.O=C(O)C(=CCCCCF)C(=O)O.O=C=O.O=CCCCCO.O=CCCCCOC1CCCCO1.[2HH].[2H]P.[3H][P+](P)=S. The first-order valence-corrected chi connectivity index (χ1v) is 48.6. The Kier molecular flexibility index (Phi) is 124. The number of hydrogen-bond acceptors (Lipinski definition) is 33. The van der Waals surface area contributed by atoms with Crippen molar-refractivity contribution in [1.82, 2.24) is 0 Å². The minimum absolute atomic E-state index is 0. The van der Waals surface area contributed by atoms with Crippen molar-refractivity contribution >= 4 is 142 Å². The highest BCUT2D eigenvalue weighted by molar-refractivity contribution is 8.24. The molecule has 4 N–H and O–H groups in total. The molecule has 0 saturated carbocycles. The molecule has 0 aromatic carbocycles. The number of aliphatic hydroxyl groups excluding tert-OH is 2. The van der Waals surface area contributed by atoms with E-state index in [-0.39, 0.29) is 128 Å². The number of carboxylic acids is 2. The molecule has 2 fully saturated rings. The van der Waals surface area contributed by atoms with Crippen LogP contribution in [0.5, 0.6) is 0 Å². The molecular formula is C86H155ClF2O34P3S2+. The van der Waals surface area contributed by atoms with Gasteiger partial charge in [-0.15, -0.1) is 0 Å². The third kappa shape index (κ3) is 109. The van der Waals surface area contributed by atoms with E-state index in [2.05, 4.69) is 43.1 Å². The van der Waals surface area contributed by atoms with Gasteiger partial charge in [-0.1, -0.05) is 64.5 Å². The molecule has 2 aliphatic rings. The van der Waals surface area contributed by atoms with Crippen molar-refractivity contribution < 1.29 is 173 Å². The number of unbranched alkanes of at least 4 members (excludes halogenated alkanes) is 15. The molecular weight excluding hydrogens is 1810 g/mol. The summed E-state index contributed by atoms with van der Waals surface area (Å²) in [7, 11) is 5.18. The second-order valence-electron chi connectivity index (χ2n) is 24.9. The van der Waals surface area contributed by atoms with E-state index in [1.807, 2.05) is 13.8 Å². The summed E-state index contributed by atoms with van der Waals surface area (Å²) in [4.78, 5) is 159. The van der Waals surface area contributed by atoms with Gasteiger partial charge in [-0.3, -0.25) is 13.6 Å². The maximum absolute atomic E-state index is 11.9. The highest BCUT2D eigenvalue weighted by Gasteiger charge is 2.24. The molecule has 34 nitrogen and oxygen atoms in total. The standard InChI is InChI=1S/C17H28O6.C13H22O4.C12H19FO4.C12H20O5.C10H18O3.C8H11FO4.C6H12O2.C5H10O2.CH3ClO2S.CO2.CH4.H2P2S.H3P.H2/c1-3-20-16(18)14(17(19)21-4-2)10-6-5-8-12-22-15-11-7-9-13-23-15;1-4-7-8-9-10-11(12(14)16-5-2)13(15)17-6-3;2*1-3-16-11(14)10(12(15)17-4-2)8-6-5-7-9-13;11-7-3-1-4-8-12-10-6-2-5-9-13-10;9-5-3-1-2-4-6(7(10)11)8(12)13;1-3-5-6(7)8-4-2;6-4-2-1-3-5-7;1-5(2,3)4;2-1-3;;1-2-3;;/h10,15H,3-9,11-13H2,1-2H3;10H,4-9H2,1-3H3;8H,3-7,9H2,1-2H3;8,13H,3-7,9H2,1-2H3;7,10H,1-6,8-9H2;4H,1-3,5H2,(H,10,11)(H,12,13);3-5H2,1-2H3;4,7H,1-3,5H2;1H3;;1H4;1H2;1H3;1H/p+1/i;;;;;;;;;;;;1D;1+1/hT. The van der Waals surface area contributed by atoms with E-state index in [1.165, 1.54) is 18.6 Å². The number of hydrogen-bond donors (Lipinski definition) is 4. The van der Waals surface area contributed by atoms with Gasteiger partial charge in [0.15, 0.2) is 31.4 Å². The molecule has 2 aliphatic heterocycles. The van der Waals surface area contributed by atoms with Crippen LogP contribution in [0.25, 0.3) is 0 Å². The van der Waals surface area contributed by atoms with E-state index >= 15 is 0 Å². The number of halogens is 3. The molecule has 0 amide bonds. The van der Waals surface area contributed by atoms with Gasteiger partial charge in [0.05, 0.1) is 89.3 Å². The van der Waals surface area contributed by atoms with Crippen molar-refractivity contribution in [1.29, 1.82) is 2.56 Å². The number of esters is 9. The van der Waals surface area contributed by atoms with Gasteiger partial charge in [0, 0.05) is 71.0 Å². The first-order chi connectivity index (χ1) is 61.6. The zero-order valence-corrected chi connectivity index (χ0v) is 82.1. The van der Waals surface area contributed by atoms with Crippen molar-refractivity contribution in [3.63, 3.8) is 0 Å². The van der Waals surface area contributed by atoms with E-state index in [0.717, 1.165) is 141 Å².